The minimum absolute atomic E-state index is 0.00870. The van der Waals surface area contributed by atoms with Gasteiger partial charge >= 0.3 is 0 Å². The second-order valence-corrected chi connectivity index (χ2v) is 6.88. The van der Waals surface area contributed by atoms with E-state index in [1.807, 2.05) is 30.3 Å². The second kappa shape index (κ2) is 6.47. The minimum Gasteiger partial charge on any atom is -0.486 e. The molecule has 134 valence electrons. The first-order chi connectivity index (χ1) is 13.3. The lowest BCUT2D eigenvalue weighted by atomic mass is 9.84. The first-order valence-corrected chi connectivity index (χ1v) is 9.17. The summed E-state index contributed by atoms with van der Waals surface area (Å²) in [6.07, 6.45) is 0.428. The number of fused-ring (bicyclic) bond motifs is 2. The maximum absolute atomic E-state index is 12.3. The van der Waals surface area contributed by atoms with Gasteiger partial charge in [-0.25, -0.2) is 0 Å². The first kappa shape index (κ1) is 15.9. The number of hydrogen-bond donors (Lipinski definition) is 1. The largest absolute Gasteiger partial charge is 0.486 e. The highest BCUT2D eigenvalue weighted by Crippen LogP contribution is 2.44. The molecule has 2 aliphatic rings. The fourth-order valence-electron chi connectivity index (χ4n) is 3.83. The summed E-state index contributed by atoms with van der Waals surface area (Å²) in [7, 11) is 0. The molecule has 5 rings (SSSR count). The van der Waals surface area contributed by atoms with Gasteiger partial charge in [0.05, 0.1) is 0 Å². The third-order valence-corrected chi connectivity index (χ3v) is 5.17. The van der Waals surface area contributed by atoms with Gasteiger partial charge in [0.15, 0.2) is 11.5 Å². The minimum atomic E-state index is 0.00870. The molecule has 4 heteroatoms. The lowest BCUT2D eigenvalue weighted by Crippen LogP contribution is -2.24. The zero-order chi connectivity index (χ0) is 18.2. The van der Waals surface area contributed by atoms with Crippen molar-refractivity contribution in [2.24, 2.45) is 0 Å². The fraction of sp³-hybridized carbons (Fsp3) is 0.174. The Kier molecular flexibility index (Phi) is 3.82. The van der Waals surface area contributed by atoms with Gasteiger partial charge in [-0.15, -0.1) is 0 Å². The first-order valence-electron chi connectivity index (χ1n) is 9.17. The Hall–Kier alpha value is -3.27. The summed E-state index contributed by atoms with van der Waals surface area (Å²) in [6, 6.07) is 22.7. The molecule has 0 bridgehead atoms. The molecule has 0 spiro atoms. The van der Waals surface area contributed by atoms with E-state index in [1.165, 1.54) is 11.1 Å². The van der Waals surface area contributed by atoms with Gasteiger partial charge in [-0.05, 0) is 28.3 Å². The van der Waals surface area contributed by atoms with Crippen molar-refractivity contribution in [2.75, 3.05) is 18.5 Å². The molecule has 3 aromatic rings. The standard InChI is InChI=1S/C23H19NO3/c25-23-13-18(17-8-6-16(7-9-17)15-4-2-1-3-5-15)19-12-21-22(14-20(19)24-23)27-11-10-26-21/h1-9,12,14,18H,10-11,13H2,(H,24,25)/t18-/m1/s1. The Morgan fingerprint density at radius 2 is 1.48 bits per heavy atom. The van der Waals surface area contributed by atoms with Gasteiger partial charge in [-0.3, -0.25) is 4.79 Å². The average Bonchev–Trinajstić information content (AvgIpc) is 2.72. The maximum atomic E-state index is 12.3. The second-order valence-electron chi connectivity index (χ2n) is 6.88. The summed E-state index contributed by atoms with van der Waals surface area (Å²) in [5, 5.41) is 2.97. The van der Waals surface area contributed by atoms with Crippen LogP contribution in [0.25, 0.3) is 11.1 Å². The van der Waals surface area contributed by atoms with Crippen LogP contribution >= 0.6 is 0 Å². The van der Waals surface area contributed by atoms with Crippen LogP contribution in [0, 0.1) is 0 Å². The summed E-state index contributed by atoms with van der Waals surface area (Å²) in [4.78, 5) is 12.3. The molecule has 0 aromatic heterocycles. The number of hydrogen-bond acceptors (Lipinski definition) is 3. The van der Waals surface area contributed by atoms with Crippen LogP contribution in [-0.4, -0.2) is 19.1 Å². The molecule has 0 aliphatic carbocycles. The summed E-state index contributed by atoms with van der Waals surface area (Å²) in [6.45, 7) is 1.08. The zero-order valence-corrected chi connectivity index (χ0v) is 14.8. The van der Waals surface area contributed by atoms with Gasteiger partial charge in [0.1, 0.15) is 13.2 Å². The van der Waals surface area contributed by atoms with E-state index in [0.717, 1.165) is 22.6 Å². The summed E-state index contributed by atoms with van der Waals surface area (Å²) >= 11 is 0. The van der Waals surface area contributed by atoms with Crippen molar-refractivity contribution in [1.82, 2.24) is 0 Å². The molecule has 1 amide bonds. The molecule has 0 radical (unpaired) electrons. The Balaban J connectivity index is 1.53. The Morgan fingerprint density at radius 3 is 2.22 bits per heavy atom. The van der Waals surface area contributed by atoms with Gasteiger partial charge in [0, 0.05) is 24.1 Å². The van der Waals surface area contributed by atoms with Gasteiger partial charge in [-0.2, -0.15) is 0 Å². The van der Waals surface area contributed by atoms with Crippen molar-refractivity contribution >= 4 is 11.6 Å². The molecule has 0 unspecified atom stereocenters. The molecule has 1 N–H and O–H groups in total. The normalized spacial score (nSPS) is 17.8. The van der Waals surface area contributed by atoms with E-state index in [9.17, 15) is 4.79 Å². The highest BCUT2D eigenvalue weighted by Gasteiger charge is 2.29. The van der Waals surface area contributed by atoms with Crippen LogP contribution in [0.2, 0.25) is 0 Å². The van der Waals surface area contributed by atoms with Gasteiger partial charge < -0.3 is 14.8 Å². The highest BCUT2D eigenvalue weighted by molar-refractivity contribution is 5.96. The summed E-state index contributed by atoms with van der Waals surface area (Å²) in [5.41, 5.74) is 5.37. The molecule has 0 saturated heterocycles. The van der Waals surface area contributed by atoms with E-state index in [0.29, 0.717) is 25.4 Å². The fourth-order valence-corrected chi connectivity index (χ4v) is 3.83. The van der Waals surface area contributed by atoms with Crippen molar-refractivity contribution < 1.29 is 14.3 Å². The maximum Gasteiger partial charge on any atom is 0.225 e. The number of anilines is 1. The van der Waals surface area contributed by atoms with E-state index in [1.54, 1.807) is 0 Å². The number of benzene rings is 3. The SMILES string of the molecule is O=C1C[C@H](c2ccc(-c3ccccc3)cc2)c2cc3c(cc2N1)OCCO3. The van der Waals surface area contributed by atoms with Crippen LogP contribution in [0.15, 0.2) is 66.7 Å². The average molecular weight is 357 g/mol. The molecule has 2 aliphatic heterocycles. The van der Waals surface area contributed by atoms with E-state index in [4.69, 9.17) is 9.47 Å². The summed E-state index contributed by atoms with van der Waals surface area (Å²) in [5.74, 6) is 1.48. The zero-order valence-electron chi connectivity index (χ0n) is 14.8. The molecular formula is C23H19NO3. The predicted octanol–water partition coefficient (Wildman–Crippen LogP) is 4.60. The quantitative estimate of drug-likeness (QED) is 0.729. The van der Waals surface area contributed by atoms with Crippen LogP contribution in [0.1, 0.15) is 23.5 Å². The van der Waals surface area contributed by atoms with Crippen LogP contribution in [0.3, 0.4) is 0 Å². The van der Waals surface area contributed by atoms with E-state index < -0.39 is 0 Å². The number of ether oxygens (including phenoxy) is 2. The van der Waals surface area contributed by atoms with E-state index >= 15 is 0 Å². The van der Waals surface area contributed by atoms with Crippen molar-refractivity contribution in [1.29, 1.82) is 0 Å². The van der Waals surface area contributed by atoms with Crippen LogP contribution in [-0.2, 0) is 4.79 Å². The Labute approximate surface area is 157 Å². The number of carbonyl (C=O) groups excluding carboxylic acids is 1. The molecule has 27 heavy (non-hydrogen) atoms. The number of carbonyl (C=O) groups is 1. The third kappa shape index (κ3) is 2.93. The molecule has 2 heterocycles. The Bertz CT molecular complexity index is 996. The van der Waals surface area contributed by atoms with Crippen molar-refractivity contribution in [3.05, 3.63) is 77.9 Å². The lowest BCUT2D eigenvalue weighted by Gasteiger charge is -2.29. The van der Waals surface area contributed by atoms with Gasteiger partial charge in [0.2, 0.25) is 5.91 Å². The number of nitrogens with one attached hydrogen (secondary N) is 1. The molecule has 0 saturated carbocycles. The molecule has 0 fully saturated rings. The van der Waals surface area contributed by atoms with Gasteiger partial charge in [0.25, 0.3) is 0 Å². The highest BCUT2D eigenvalue weighted by atomic mass is 16.6. The van der Waals surface area contributed by atoms with Crippen molar-refractivity contribution in [2.45, 2.75) is 12.3 Å². The smallest absolute Gasteiger partial charge is 0.225 e. The van der Waals surface area contributed by atoms with E-state index in [2.05, 4.69) is 41.7 Å². The summed E-state index contributed by atoms with van der Waals surface area (Å²) < 4.78 is 11.4. The number of rotatable bonds is 2. The third-order valence-electron chi connectivity index (χ3n) is 5.17. The predicted molar refractivity (Wildman–Crippen MR) is 104 cm³/mol. The lowest BCUT2D eigenvalue weighted by molar-refractivity contribution is -0.116. The molecule has 4 nitrogen and oxygen atoms in total. The number of amides is 1. The van der Waals surface area contributed by atoms with Crippen LogP contribution in [0.5, 0.6) is 11.5 Å². The van der Waals surface area contributed by atoms with Crippen molar-refractivity contribution in [3.8, 4) is 22.6 Å². The van der Waals surface area contributed by atoms with Gasteiger partial charge in [-0.1, -0.05) is 54.6 Å². The topological polar surface area (TPSA) is 47.6 Å². The van der Waals surface area contributed by atoms with Crippen molar-refractivity contribution in [3.63, 3.8) is 0 Å². The van der Waals surface area contributed by atoms with Crippen LogP contribution < -0.4 is 14.8 Å². The molecular weight excluding hydrogens is 338 g/mol. The Morgan fingerprint density at radius 1 is 0.815 bits per heavy atom. The monoisotopic (exact) mass is 357 g/mol. The van der Waals surface area contributed by atoms with Crippen LogP contribution in [0.4, 0.5) is 5.69 Å². The van der Waals surface area contributed by atoms with E-state index in [-0.39, 0.29) is 11.8 Å². The molecule has 3 aromatic carbocycles. The molecule has 1 atom stereocenters.